The van der Waals surface area contributed by atoms with Gasteiger partial charge in [-0.3, -0.25) is 14.4 Å². The zero-order valence-electron chi connectivity index (χ0n) is 17.9. The number of hydrogen-bond donors (Lipinski definition) is 3. The monoisotopic (exact) mass is 486 g/mol. The van der Waals surface area contributed by atoms with Gasteiger partial charge < -0.3 is 20.7 Å². The number of benzene rings is 2. The van der Waals surface area contributed by atoms with E-state index in [4.69, 9.17) is 0 Å². The second-order valence-corrected chi connectivity index (χ2v) is 7.75. The van der Waals surface area contributed by atoms with Crippen LogP contribution >= 0.6 is 11.8 Å². The number of ether oxygens (including phenoxy) is 1. The molecule has 0 unspecified atom stereocenters. The van der Waals surface area contributed by atoms with Crippen molar-refractivity contribution in [3.8, 4) is 5.75 Å². The molecule has 3 aromatic rings. The lowest BCUT2D eigenvalue weighted by molar-refractivity contribution is -0.114. The Bertz CT molecular complexity index is 1190. The Balaban J connectivity index is 1.65. The minimum Gasteiger partial charge on any atom is -0.433 e. The molecule has 8 nitrogen and oxygen atoms in total. The summed E-state index contributed by atoms with van der Waals surface area (Å²) >= 11 is 1.01. The molecular formula is C23H20F2N4O4S. The number of nitrogens with one attached hydrogen (secondary N) is 3. The minimum atomic E-state index is -3.03. The number of carbonyl (C=O) groups excluding carboxylic acids is 3. The Labute approximate surface area is 198 Å². The maximum absolute atomic E-state index is 12.8. The molecule has 1 aromatic heterocycles. The molecular weight excluding hydrogens is 466 g/mol. The maximum atomic E-state index is 12.8. The highest BCUT2D eigenvalue weighted by Crippen LogP contribution is 2.27. The highest BCUT2D eigenvalue weighted by atomic mass is 32.2. The summed E-state index contributed by atoms with van der Waals surface area (Å²) in [6, 6.07) is 15.6. The highest BCUT2D eigenvalue weighted by Gasteiger charge is 2.16. The van der Waals surface area contributed by atoms with Crippen molar-refractivity contribution in [1.29, 1.82) is 0 Å². The molecule has 0 aliphatic carbocycles. The first-order valence-electron chi connectivity index (χ1n) is 9.92. The van der Waals surface area contributed by atoms with Gasteiger partial charge in [0.25, 0.3) is 5.91 Å². The van der Waals surface area contributed by atoms with E-state index in [1.807, 2.05) is 0 Å². The third-order valence-electron chi connectivity index (χ3n) is 4.17. The van der Waals surface area contributed by atoms with E-state index < -0.39 is 18.4 Å². The Kier molecular flexibility index (Phi) is 8.52. The van der Waals surface area contributed by atoms with Crippen molar-refractivity contribution in [2.75, 3.05) is 21.7 Å². The zero-order chi connectivity index (χ0) is 24.5. The number of thioether (sulfide) groups is 1. The van der Waals surface area contributed by atoms with Crippen LogP contribution in [0.2, 0.25) is 0 Å². The lowest BCUT2D eigenvalue weighted by Gasteiger charge is -2.12. The SMILES string of the molecule is CC(=O)Nc1cccc(NC(=O)c2cccnc2SCC(=O)Nc2ccccc2OC(F)F)c1. The van der Waals surface area contributed by atoms with Gasteiger partial charge >= 0.3 is 6.61 Å². The molecule has 1 heterocycles. The van der Waals surface area contributed by atoms with Gasteiger partial charge in [-0.2, -0.15) is 8.78 Å². The summed E-state index contributed by atoms with van der Waals surface area (Å²) in [5.74, 6) is -1.47. The second-order valence-electron chi connectivity index (χ2n) is 6.78. The third-order valence-corrected chi connectivity index (χ3v) is 5.18. The first kappa shape index (κ1) is 24.6. The largest absolute Gasteiger partial charge is 0.433 e. The van der Waals surface area contributed by atoms with Crippen molar-refractivity contribution < 1.29 is 27.9 Å². The average molecular weight is 487 g/mol. The maximum Gasteiger partial charge on any atom is 0.387 e. The molecule has 0 radical (unpaired) electrons. The fourth-order valence-electron chi connectivity index (χ4n) is 2.84. The van der Waals surface area contributed by atoms with Crippen LogP contribution in [0.5, 0.6) is 5.75 Å². The minimum absolute atomic E-state index is 0.103. The van der Waals surface area contributed by atoms with E-state index in [9.17, 15) is 23.2 Å². The van der Waals surface area contributed by atoms with Crippen LogP contribution in [0, 0.1) is 0 Å². The number of pyridine rings is 1. The van der Waals surface area contributed by atoms with Gasteiger partial charge in [-0.25, -0.2) is 4.98 Å². The number of rotatable bonds is 9. The number of aromatic nitrogens is 1. The van der Waals surface area contributed by atoms with Gasteiger partial charge in [0.1, 0.15) is 10.8 Å². The lowest BCUT2D eigenvalue weighted by atomic mass is 10.2. The molecule has 0 bridgehead atoms. The number of amides is 3. The van der Waals surface area contributed by atoms with Crippen molar-refractivity contribution in [1.82, 2.24) is 4.98 Å². The molecule has 2 aromatic carbocycles. The van der Waals surface area contributed by atoms with Crippen LogP contribution < -0.4 is 20.7 Å². The normalized spacial score (nSPS) is 10.5. The fourth-order valence-corrected chi connectivity index (χ4v) is 3.64. The first-order valence-corrected chi connectivity index (χ1v) is 10.9. The summed E-state index contributed by atoms with van der Waals surface area (Å²) in [4.78, 5) is 40.6. The van der Waals surface area contributed by atoms with Crippen molar-refractivity contribution in [2.24, 2.45) is 0 Å². The number of alkyl halides is 2. The van der Waals surface area contributed by atoms with Crippen molar-refractivity contribution in [3.05, 3.63) is 72.4 Å². The summed E-state index contributed by atoms with van der Waals surface area (Å²) in [6.07, 6.45) is 1.49. The van der Waals surface area contributed by atoms with Crippen LogP contribution in [-0.2, 0) is 9.59 Å². The van der Waals surface area contributed by atoms with Gasteiger partial charge in [-0.15, -0.1) is 0 Å². The zero-order valence-corrected chi connectivity index (χ0v) is 18.7. The number of para-hydroxylation sites is 2. The molecule has 34 heavy (non-hydrogen) atoms. The Morgan fingerprint density at radius 3 is 2.44 bits per heavy atom. The smallest absolute Gasteiger partial charge is 0.387 e. The van der Waals surface area contributed by atoms with Gasteiger partial charge in [-0.1, -0.05) is 30.0 Å². The molecule has 0 aliphatic rings. The van der Waals surface area contributed by atoms with E-state index >= 15 is 0 Å². The third kappa shape index (κ3) is 7.27. The molecule has 0 aliphatic heterocycles. The predicted molar refractivity (Wildman–Crippen MR) is 125 cm³/mol. The van der Waals surface area contributed by atoms with Gasteiger partial charge in [-0.05, 0) is 42.5 Å². The molecule has 0 saturated heterocycles. The molecule has 11 heteroatoms. The second kappa shape index (κ2) is 11.8. The van der Waals surface area contributed by atoms with Crippen molar-refractivity contribution in [2.45, 2.75) is 18.6 Å². The number of nitrogens with zero attached hydrogens (tertiary/aromatic N) is 1. The molecule has 0 spiro atoms. The van der Waals surface area contributed by atoms with E-state index in [0.717, 1.165) is 11.8 Å². The summed E-state index contributed by atoms with van der Waals surface area (Å²) in [7, 11) is 0. The lowest BCUT2D eigenvalue weighted by Crippen LogP contribution is -2.17. The number of hydrogen-bond acceptors (Lipinski definition) is 6. The van der Waals surface area contributed by atoms with E-state index in [1.165, 1.54) is 31.3 Å². The predicted octanol–water partition coefficient (Wildman–Crippen LogP) is 4.62. The van der Waals surface area contributed by atoms with E-state index in [2.05, 4.69) is 25.7 Å². The average Bonchev–Trinajstić information content (AvgIpc) is 2.78. The molecule has 176 valence electrons. The van der Waals surface area contributed by atoms with Crippen LogP contribution in [-0.4, -0.2) is 35.1 Å². The summed E-state index contributed by atoms with van der Waals surface area (Å²) in [6.45, 7) is -1.65. The quantitative estimate of drug-likeness (QED) is 0.381. The van der Waals surface area contributed by atoms with Crippen LogP contribution in [0.15, 0.2) is 71.9 Å². The summed E-state index contributed by atoms with van der Waals surface area (Å²) in [5.41, 5.74) is 1.33. The van der Waals surface area contributed by atoms with Crippen molar-refractivity contribution in [3.63, 3.8) is 0 Å². The standard InChI is InChI=1S/C23H20F2N4O4S/c1-14(30)27-15-6-4-7-16(12-15)28-21(32)17-8-5-11-26-22(17)34-13-20(31)29-18-9-2-3-10-19(18)33-23(24)25/h2-12,23H,13H2,1H3,(H,27,30)(H,28,32)(H,29,31). The number of anilines is 3. The Hall–Kier alpha value is -3.99. The number of halogens is 2. The van der Waals surface area contributed by atoms with Crippen molar-refractivity contribution >= 4 is 46.5 Å². The number of carbonyl (C=O) groups is 3. The van der Waals surface area contributed by atoms with Gasteiger partial charge in [0.2, 0.25) is 11.8 Å². The van der Waals surface area contributed by atoms with Gasteiger partial charge in [0.15, 0.2) is 0 Å². The van der Waals surface area contributed by atoms with Gasteiger partial charge in [0, 0.05) is 24.5 Å². The molecule has 3 N–H and O–H groups in total. The molecule has 3 amide bonds. The van der Waals surface area contributed by atoms with E-state index in [-0.39, 0.29) is 28.7 Å². The Morgan fingerprint density at radius 1 is 0.971 bits per heavy atom. The topological polar surface area (TPSA) is 109 Å². The molecule has 0 atom stereocenters. The van der Waals surface area contributed by atoms with Crippen LogP contribution in [0.4, 0.5) is 25.8 Å². The van der Waals surface area contributed by atoms with Gasteiger partial charge in [0.05, 0.1) is 17.0 Å². The van der Waals surface area contributed by atoms with Crippen LogP contribution in [0.1, 0.15) is 17.3 Å². The highest BCUT2D eigenvalue weighted by molar-refractivity contribution is 8.00. The summed E-state index contributed by atoms with van der Waals surface area (Å²) < 4.78 is 29.5. The Morgan fingerprint density at radius 2 is 1.71 bits per heavy atom. The molecule has 0 fully saturated rings. The first-order chi connectivity index (χ1) is 16.3. The van der Waals surface area contributed by atoms with Crippen LogP contribution in [0.3, 0.4) is 0 Å². The molecule has 0 saturated carbocycles. The summed E-state index contributed by atoms with van der Waals surface area (Å²) in [5, 5.41) is 8.19. The van der Waals surface area contributed by atoms with E-state index in [0.29, 0.717) is 16.4 Å². The fraction of sp³-hybridized carbons (Fsp3) is 0.130. The molecule has 3 rings (SSSR count). The van der Waals surface area contributed by atoms with E-state index in [1.54, 1.807) is 42.5 Å². The van der Waals surface area contributed by atoms with Crippen LogP contribution in [0.25, 0.3) is 0 Å².